The van der Waals surface area contributed by atoms with Crippen LogP contribution in [0.3, 0.4) is 0 Å². The summed E-state index contributed by atoms with van der Waals surface area (Å²) in [7, 11) is -12.1. The summed E-state index contributed by atoms with van der Waals surface area (Å²) < 4.78 is 110. The lowest BCUT2D eigenvalue weighted by atomic mass is 9.94. The van der Waals surface area contributed by atoms with Gasteiger partial charge in [0.2, 0.25) is 46.3 Å². The zero-order valence-electron chi connectivity index (χ0n) is 61.2. The molecule has 3 N–H and O–H groups in total. The first-order valence-electron chi connectivity index (χ1n) is 35.1. The molecule has 0 bridgehead atoms. The van der Waals surface area contributed by atoms with E-state index in [4.69, 9.17) is 10.8 Å². The zero-order chi connectivity index (χ0) is 82.0. The van der Waals surface area contributed by atoms with E-state index in [0.717, 1.165) is 51.3 Å². The summed E-state index contributed by atoms with van der Waals surface area (Å²) in [6.07, 6.45) is 15.4. The van der Waals surface area contributed by atoms with Crippen molar-refractivity contribution in [3.05, 3.63) is 335 Å². The van der Waals surface area contributed by atoms with Gasteiger partial charge in [0.25, 0.3) is 40.1 Å². The number of rotatable bonds is 17. The number of nitrogens with two attached hydrogens (primary N) is 1. The van der Waals surface area contributed by atoms with Crippen molar-refractivity contribution in [3.63, 3.8) is 0 Å². The van der Waals surface area contributed by atoms with Crippen LogP contribution in [-0.2, 0) is 79.0 Å². The topological polar surface area (TPSA) is 359 Å². The van der Waals surface area contributed by atoms with Gasteiger partial charge in [-0.2, -0.15) is 0 Å². The van der Waals surface area contributed by atoms with Gasteiger partial charge >= 0.3 is 0 Å². The first-order chi connectivity index (χ1) is 54.9. The van der Waals surface area contributed by atoms with Crippen LogP contribution < -0.4 is 5.73 Å². The van der Waals surface area contributed by atoms with E-state index in [0.29, 0.717) is 68.7 Å². The number of aliphatic hydroxyl groups excluding tert-OH is 1. The van der Waals surface area contributed by atoms with Gasteiger partial charge in [-0.1, -0.05) is 170 Å². The molecule has 0 spiro atoms. The highest BCUT2D eigenvalue weighted by Crippen LogP contribution is 2.40. The number of benzene rings is 8. The number of Topliss-reactive ketones (excluding diaryl/α,β-unsaturated/α-hetero) is 5. The molecule has 0 aliphatic heterocycles. The van der Waals surface area contributed by atoms with Crippen LogP contribution in [0.2, 0.25) is 0 Å². The minimum absolute atomic E-state index is 0.0138. The highest BCUT2D eigenvalue weighted by molar-refractivity contribution is 7.91. The lowest BCUT2D eigenvalue weighted by Gasteiger charge is -2.13. The molecule has 4 aliphatic carbocycles. The molecule has 8 aromatic carbocycles. The molecule has 4 heterocycles. The van der Waals surface area contributed by atoms with E-state index >= 15 is 0 Å². The Morgan fingerprint density at radius 1 is 0.330 bits per heavy atom. The molecule has 12 aromatic rings. The Morgan fingerprint density at radius 2 is 0.565 bits per heavy atom. The molecule has 0 amide bonds. The summed E-state index contributed by atoms with van der Waals surface area (Å²) in [6.45, 7) is 2.19. The molecule has 28 heteroatoms. The number of hydrogen-bond acceptors (Lipinski definition) is 20. The average molecular weight is 1610 g/mol. The van der Waals surface area contributed by atoms with E-state index in [9.17, 15) is 76.8 Å². The summed E-state index contributed by atoms with van der Waals surface area (Å²) >= 11 is 0. The predicted octanol–water partition coefficient (Wildman–Crippen LogP) is 11.9. The molecule has 16 rings (SSSR count). The lowest BCUT2D eigenvalue weighted by molar-refractivity contribution is -0.111. The van der Waals surface area contributed by atoms with Crippen LogP contribution in [0, 0.1) is 0 Å². The molecule has 115 heavy (non-hydrogen) atoms. The third-order valence-corrected chi connectivity index (χ3v) is 25.7. The van der Waals surface area contributed by atoms with Crippen molar-refractivity contribution in [2.24, 2.45) is 5.73 Å². The van der Waals surface area contributed by atoms with E-state index in [1.54, 1.807) is 146 Å². The third-order valence-electron chi connectivity index (χ3n) is 18.9. The van der Waals surface area contributed by atoms with Gasteiger partial charge < -0.3 is 15.7 Å². The second-order valence-corrected chi connectivity index (χ2v) is 33.9. The maximum atomic E-state index is 13.4. The first-order valence-corrected chi connectivity index (χ1v) is 40.9. The van der Waals surface area contributed by atoms with Crippen molar-refractivity contribution in [2.45, 2.75) is 46.2 Å². The van der Waals surface area contributed by atoms with Gasteiger partial charge in [-0.05, 0) is 157 Å². The highest BCUT2D eigenvalue weighted by Gasteiger charge is 2.38. The van der Waals surface area contributed by atoms with Gasteiger partial charge in [0.15, 0.2) is 5.78 Å². The number of fused-ring (bicyclic) bond motifs is 4. The van der Waals surface area contributed by atoms with Crippen molar-refractivity contribution < 1.29 is 81.9 Å². The lowest BCUT2D eigenvalue weighted by Crippen LogP contribution is -2.20. The van der Waals surface area contributed by atoms with Crippen LogP contribution in [0.1, 0.15) is 98.2 Å². The summed E-state index contributed by atoms with van der Waals surface area (Å²) in [5, 5.41) is 9.16. The monoisotopic (exact) mass is 1610 g/mol. The molecular formula is C87H66N6O18S4. The molecular weight excluding hydrogens is 1550 g/mol. The fraction of sp³-hybridized carbons (Fsp3) is 0.0690. The van der Waals surface area contributed by atoms with Crippen molar-refractivity contribution in [1.29, 1.82) is 0 Å². The maximum Gasteiger partial charge on any atom is 0.268 e. The third kappa shape index (κ3) is 15.6. The van der Waals surface area contributed by atoms with Crippen LogP contribution >= 0.6 is 0 Å². The van der Waals surface area contributed by atoms with Gasteiger partial charge in [0, 0.05) is 65.7 Å². The maximum absolute atomic E-state index is 13.4. The van der Waals surface area contributed by atoms with E-state index in [1.165, 1.54) is 117 Å². The number of aromatic nitrogens is 4. The van der Waals surface area contributed by atoms with Crippen LogP contribution in [0.25, 0.3) is 68.8 Å². The highest BCUT2D eigenvalue weighted by atomic mass is 32.2. The number of carbonyl (C=O) groups excluding carboxylic acids is 9. The minimum Gasteiger partial charge on any atom is -0.392 e. The number of aliphatic hydroxyl groups is 1. The Labute approximate surface area is 660 Å². The van der Waals surface area contributed by atoms with E-state index < -0.39 is 86.4 Å². The molecule has 0 saturated heterocycles. The number of ketones is 9. The normalized spacial score (nSPS) is 13.6. The Kier molecular flexibility index (Phi) is 22.4. The molecule has 0 radical (unpaired) electrons. The van der Waals surface area contributed by atoms with E-state index in [1.807, 2.05) is 31.1 Å². The molecule has 4 aromatic heterocycles. The van der Waals surface area contributed by atoms with Gasteiger partial charge in [-0.15, -0.1) is 0 Å². The minimum atomic E-state index is -4.06. The summed E-state index contributed by atoms with van der Waals surface area (Å²) in [6, 6.07) is 59.8. The van der Waals surface area contributed by atoms with E-state index in [2.05, 4.69) is 0 Å². The number of carbonyl (C=O) groups is 9. The van der Waals surface area contributed by atoms with Crippen LogP contribution in [-0.4, -0.2) is 126 Å². The fourth-order valence-corrected chi connectivity index (χ4v) is 18.6. The molecule has 24 nitrogen and oxygen atoms in total. The first kappa shape index (κ1) is 79.6. The Bertz CT molecular complexity index is 6420. The van der Waals surface area contributed by atoms with Gasteiger partial charge in [-0.25, -0.2) is 49.6 Å². The molecule has 0 saturated carbocycles. The molecule has 0 unspecified atom stereocenters. The fourth-order valence-electron chi connectivity index (χ4n) is 13.1. The largest absolute Gasteiger partial charge is 0.392 e. The van der Waals surface area contributed by atoms with Gasteiger partial charge in [-0.3, -0.25) is 43.2 Å². The van der Waals surface area contributed by atoms with Crippen LogP contribution in [0.5, 0.6) is 0 Å². The average Bonchev–Trinajstić information content (AvgIpc) is 1.61. The Balaban J connectivity index is 0.000000134. The Hall–Kier alpha value is -13.5. The SMILES string of the molecule is CC(=O)c1ccc(S(=O)(=O)n2cc(-c3ccccc3)c3c2C=CC(=O)C3=O)cc1.CN(C)Cc1ccc(S(=O)(=O)n2cc(-c3ccccc3)c3c2C=CC(=O)C3=O)cc1.NCc1ccc(S(=O)(=O)n2cc(-c3ccccc3)c3c2C=CC(=O)C3=O)cc1.O=C1C=Cc2c(c(-c3ccccc3)cn2S(=O)(=O)c2ccc(CO)cc2)C1=O. The molecule has 0 atom stereocenters. The van der Waals surface area contributed by atoms with Gasteiger partial charge in [0.1, 0.15) is 0 Å². The molecule has 4 aliphatic rings. The quantitative estimate of drug-likeness (QED) is 0.0631. The number of nitrogens with zero attached hydrogens (tertiary/aromatic N) is 5. The summed E-state index contributed by atoms with van der Waals surface area (Å²) in [4.78, 5) is 112. The van der Waals surface area contributed by atoms with Gasteiger partial charge in [0.05, 0.1) is 71.2 Å². The second-order valence-electron chi connectivity index (χ2n) is 26.6. The van der Waals surface area contributed by atoms with E-state index in [-0.39, 0.29) is 77.0 Å². The van der Waals surface area contributed by atoms with Crippen molar-refractivity contribution in [1.82, 2.24) is 20.8 Å². The van der Waals surface area contributed by atoms with Crippen molar-refractivity contribution in [2.75, 3.05) is 14.1 Å². The molecule has 576 valence electrons. The molecule has 0 fully saturated rings. The van der Waals surface area contributed by atoms with Crippen molar-refractivity contribution >= 4 is 116 Å². The van der Waals surface area contributed by atoms with Crippen LogP contribution in [0.4, 0.5) is 0 Å². The predicted molar refractivity (Wildman–Crippen MR) is 430 cm³/mol. The summed E-state index contributed by atoms with van der Waals surface area (Å²) in [5.74, 6) is -5.81. The zero-order valence-corrected chi connectivity index (χ0v) is 64.4. The standard InChI is InChI=1S/C23H20N2O4S.C22H15NO5S.C21H16N2O4S.C21H15NO5S/c1-24(2)14-16-8-10-18(11-9-16)30(28,29)25-15-19(17-6-4-3-5-7-17)22-20(25)12-13-21(26)23(22)27;1-14(24)15-7-9-17(10-8-15)29(27,28)23-13-18(16-5-3-2-4-6-16)21-19(23)11-12-20(25)22(21)26;22-12-14-6-8-16(9-7-14)28(26,27)23-13-17(15-4-2-1-3-5-15)20-18(23)10-11-19(24)21(20)25;23-13-14-6-8-16(9-7-14)28(26,27)22-12-17(15-4-2-1-3-5-15)20-18(22)10-11-19(24)21(20)25/h3-13,15H,14H2,1-2H3;2-13H,1H3;1-11,13H,12,22H2;1-12,23H,13H2. The van der Waals surface area contributed by atoms with Crippen LogP contribution in [0.15, 0.2) is 287 Å². The smallest absolute Gasteiger partial charge is 0.268 e. The number of hydrogen-bond donors (Lipinski definition) is 2. The second kappa shape index (κ2) is 32.3. The Morgan fingerprint density at radius 3 is 0.791 bits per heavy atom. The summed E-state index contributed by atoms with van der Waals surface area (Å²) in [5.41, 5.74) is 13.5. The number of allylic oxidation sites excluding steroid dienone is 4. The van der Waals surface area contributed by atoms with Crippen molar-refractivity contribution in [3.8, 4) is 44.5 Å².